The highest BCUT2D eigenvalue weighted by Crippen LogP contribution is 2.38. The van der Waals surface area contributed by atoms with Crippen molar-refractivity contribution >= 4 is 40.7 Å². The van der Waals surface area contributed by atoms with Crippen molar-refractivity contribution < 1.29 is 14.3 Å². The molecule has 7 nitrogen and oxygen atoms in total. The Labute approximate surface area is 176 Å². The van der Waals surface area contributed by atoms with E-state index in [2.05, 4.69) is 20.5 Å². The number of thioether (sulfide) groups is 1. The van der Waals surface area contributed by atoms with Gasteiger partial charge in [-0.05, 0) is 31.4 Å². The lowest BCUT2D eigenvalue weighted by atomic mass is 10.2. The summed E-state index contributed by atoms with van der Waals surface area (Å²) in [5.74, 6) is 0.866. The number of anilines is 1. The lowest BCUT2D eigenvalue weighted by molar-refractivity contribution is -0.113. The number of hydrogen-bond acceptors (Lipinski definition) is 7. The van der Waals surface area contributed by atoms with Crippen molar-refractivity contribution in [2.45, 2.75) is 30.8 Å². The van der Waals surface area contributed by atoms with E-state index in [1.807, 2.05) is 36.4 Å². The molecular weight excluding hydrogens is 408 g/mol. The summed E-state index contributed by atoms with van der Waals surface area (Å²) in [6, 6.07) is 11.5. The summed E-state index contributed by atoms with van der Waals surface area (Å²) in [5.41, 5.74) is 1.44. The van der Waals surface area contributed by atoms with Gasteiger partial charge >= 0.3 is 5.97 Å². The molecule has 0 radical (unpaired) electrons. The molecule has 1 aliphatic carbocycles. The monoisotopic (exact) mass is 428 g/mol. The summed E-state index contributed by atoms with van der Waals surface area (Å²) in [6.07, 6.45) is 2.27. The van der Waals surface area contributed by atoms with Crippen LogP contribution in [0.1, 0.15) is 41.2 Å². The van der Waals surface area contributed by atoms with Gasteiger partial charge < -0.3 is 10.1 Å². The summed E-state index contributed by atoms with van der Waals surface area (Å²) in [4.78, 5) is 30.5. The van der Waals surface area contributed by atoms with E-state index in [0.29, 0.717) is 21.6 Å². The number of thiophene rings is 1. The Hall–Kier alpha value is -2.65. The van der Waals surface area contributed by atoms with Crippen molar-refractivity contribution in [2.24, 2.45) is 0 Å². The van der Waals surface area contributed by atoms with Gasteiger partial charge in [-0.3, -0.25) is 9.89 Å². The molecule has 1 amide bonds. The minimum atomic E-state index is -0.439. The topological polar surface area (TPSA) is 97.0 Å². The Bertz CT molecular complexity index is 1010. The number of aromatic amines is 1. The maximum Gasteiger partial charge on any atom is 0.350 e. The van der Waals surface area contributed by atoms with Crippen molar-refractivity contribution in [1.82, 2.24) is 15.2 Å². The van der Waals surface area contributed by atoms with E-state index >= 15 is 0 Å². The zero-order valence-corrected chi connectivity index (χ0v) is 17.4. The summed E-state index contributed by atoms with van der Waals surface area (Å²) in [6.45, 7) is 2.03. The van der Waals surface area contributed by atoms with Gasteiger partial charge in [0.15, 0.2) is 0 Å². The second kappa shape index (κ2) is 8.79. The Balaban J connectivity index is 1.45. The normalized spacial score (nSPS) is 13.3. The maximum atomic E-state index is 12.5. The summed E-state index contributed by atoms with van der Waals surface area (Å²) >= 11 is 2.57. The number of nitrogens with zero attached hydrogens (tertiary/aromatic N) is 2. The highest BCUT2D eigenvalue weighted by molar-refractivity contribution is 7.99. The molecule has 1 saturated carbocycles. The Kier molecular flexibility index (Phi) is 5.96. The summed E-state index contributed by atoms with van der Waals surface area (Å²) < 4.78 is 5.15. The maximum absolute atomic E-state index is 12.5. The van der Waals surface area contributed by atoms with Crippen LogP contribution in [0.3, 0.4) is 0 Å². The molecule has 2 N–H and O–H groups in total. The van der Waals surface area contributed by atoms with Crippen LogP contribution in [0.15, 0.2) is 41.6 Å². The van der Waals surface area contributed by atoms with E-state index in [-0.39, 0.29) is 18.3 Å². The van der Waals surface area contributed by atoms with Gasteiger partial charge in [0.25, 0.3) is 0 Å². The number of nitrogens with one attached hydrogen (secondary N) is 2. The number of rotatable bonds is 8. The molecule has 2 aromatic heterocycles. The minimum absolute atomic E-state index is 0.154. The first-order valence-corrected chi connectivity index (χ1v) is 11.2. The average molecular weight is 429 g/mol. The van der Waals surface area contributed by atoms with Gasteiger partial charge in [0, 0.05) is 10.8 Å². The molecule has 1 aromatic carbocycles. The predicted molar refractivity (Wildman–Crippen MR) is 113 cm³/mol. The smallest absolute Gasteiger partial charge is 0.350 e. The fourth-order valence-corrected chi connectivity index (χ4v) is 4.37. The molecule has 0 atom stereocenters. The quantitative estimate of drug-likeness (QED) is 0.410. The van der Waals surface area contributed by atoms with Gasteiger partial charge in [-0.2, -0.15) is 0 Å². The molecule has 9 heteroatoms. The standard InChI is InChI=1S/C20H20N4O3S2/c1-2-27-19(26)17-14(10-15(29-17)12-6-4-3-5-7-12)21-16(25)11-28-20-22-18(23-24-20)13-8-9-13/h3-7,10,13H,2,8-9,11H2,1H3,(H,21,25)(H,22,23,24). The number of H-pyrrole nitrogens is 1. The van der Waals surface area contributed by atoms with Crippen molar-refractivity contribution in [3.8, 4) is 10.4 Å². The second-order valence-electron chi connectivity index (χ2n) is 6.55. The zero-order valence-electron chi connectivity index (χ0n) is 15.8. The molecule has 1 aliphatic rings. The van der Waals surface area contributed by atoms with Crippen LogP contribution in [0.2, 0.25) is 0 Å². The highest BCUT2D eigenvalue weighted by atomic mass is 32.2. The Morgan fingerprint density at radius 1 is 1.31 bits per heavy atom. The molecule has 4 rings (SSSR count). The molecule has 0 saturated heterocycles. The van der Waals surface area contributed by atoms with Crippen LogP contribution < -0.4 is 5.32 Å². The molecular formula is C20H20N4O3S2. The predicted octanol–water partition coefficient (Wildman–Crippen LogP) is 4.32. The Morgan fingerprint density at radius 2 is 2.10 bits per heavy atom. The number of carbonyl (C=O) groups excluding carboxylic acids is 2. The summed E-state index contributed by atoms with van der Waals surface area (Å²) in [7, 11) is 0. The molecule has 3 aromatic rings. The van der Waals surface area contributed by atoms with Gasteiger partial charge in [0.1, 0.15) is 10.7 Å². The molecule has 2 heterocycles. The van der Waals surface area contributed by atoms with Crippen molar-refractivity contribution in [2.75, 3.05) is 17.7 Å². The Morgan fingerprint density at radius 3 is 2.83 bits per heavy atom. The first kappa shape index (κ1) is 19.7. The lowest BCUT2D eigenvalue weighted by Crippen LogP contribution is -2.16. The minimum Gasteiger partial charge on any atom is -0.462 e. The number of aromatic nitrogens is 3. The highest BCUT2D eigenvalue weighted by Gasteiger charge is 2.27. The van der Waals surface area contributed by atoms with Crippen LogP contribution >= 0.6 is 23.1 Å². The summed E-state index contributed by atoms with van der Waals surface area (Å²) in [5, 5.41) is 10.5. The third-order valence-electron chi connectivity index (χ3n) is 4.30. The molecule has 0 bridgehead atoms. The molecule has 1 fully saturated rings. The van der Waals surface area contributed by atoms with Gasteiger partial charge in [0.2, 0.25) is 11.1 Å². The number of ether oxygens (including phenoxy) is 1. The van der Waals surface area contributed by atoms with Crippen molar-refractivity contribution in [3.05, 3.63) is 47.1 Å². The molecule has 0 aliphatic heterocycles. The molecule has 150 valence electrons. The number of benzene rings is 1. The number of hydrogen-bond donors (Lipinski definition) is 2. The van der Waals surface area contributed by atoms with Crippen molar-refractivity contribution in [1.29, 1.82) is 0 Å². The van der Waals surface area contributed by atoms with Gasteiger partial charge in [-0.15, -0.1) is 16.4 Å². The molecule has 29 heavy (non-hydrogen) atoms. The van der Waals surface area contributed by atoms with Crippen LogP contribution in [0.4, 0.5) is 5.69 Å². The molecule has 0 spiro atoms. The fraction of sp³-hybridized carbons (Fsp3) is 0.300. The van der Waals surface area contributed by atoms with Crippen LogP contribution in [0.5, 0.6) is 0 Å². The number of esters is 1. The van der Waals surface area contributed by atoms with Gasteiger partial charge in [0.05, 0.1) is 18.0 Å². The fourth-order valence-electron chi connectivity index (χ4n) is 2.76. The van der Waals surface area contributed by atoms with Crippen LogP contribution in [0.25, 0.3) is 10.4 Å². The van der Waals surface area contributed by atoms with E-state index in [9.17, 15) is 9.59 Å². The third kappa shape index (κ3) is 4.86. The first-order chi connectivity index (χ1) is 14.1. The van der Waals surface area contributed by atoms with E-state index in [0.717, 1.165) is 29.1 Å². The van der Waals surface area contributed by atoms with Crippen LogP contribution in [0, 0.1) is 0 Å². The van der Waals surface area contributed by atoms with Gasteiger partial charge in [-0.25, -0.2) is 9.78 Å². The SMILES string of the molecule is CCOC(=O)c1sc(-c2ccccc2)cc1NC(=O)CSc1n[nH]c(C2CC2)n1. The molecule has 0 unspecified atom stereocenters. The first-order valence-electron chi connectivity index (χ1n) is 9.35. The van der Waals surface area contributed by atoms with E-state index in [1.54, 1.807) is 6.92 Å². The van der Waals surface area contributed by atoms with E-state index in [4.69, 9.17) is 4.74 Å². The van der Waals surface area contributed by atoms with E-state index < -0.39 is 5.97 Å². The van der Waals surface area contributed by atoms with Crippen LogP contribution in [-0.2, 0) is 9.53 Å². The third-order valence-corrected chi connectivity index (χ3v) is 6.32. The van der Waals surface area contributed by atoms with E-state index in [1.165, 1.54) is 23.1 Å². The second-order valence-corrected chi connectivity index (χ2v) is 8.55. The van der Waals surface area contributed by atoms with Crippen molar-refractivity contribution in [3.63, 3.8) is 0 Å². The number of amides is 1. The van der Waals surface area contributed by atoms with Crippen LogP contribution in [-0.4, -0.2) is 39.4 Å². The zero-order chi connectivity index (χ0) is 20.2. The lowest BCUT2D eigenvalue weighted by Gasteiger charge is -2.05. The number of carbonyl (C=O) groups is 2. The largest absolute Gasteiger partial charge is 0.462 e. The van der Waals surface area contributed by atoms with Gasteiger partial charge in [-0.1, -0.05) is 42.1 Å². The average Bonchev–Trinajstić information content (AvgIpc) is 3.32.